The maximum Gasteiger partial charge on any atom is 0.224 e. The van der Waals surface area contributed by atoms with Crippen molar-refractivity contribution >= 4 is 11.6 Å². The van der Waals surface area contributed by atoms with E-state index in [9.17, 15) is 4.79 Å². The van der Waals surface area contributed by atoms with Crippen LogP contribution in [0.4, 0.5) is 5.69 Å². The average Bonchev–Trinajstić information content (AvgIpc) is 2.91. The molecule has 2 aromatic carbocycles. The van der Waals surface area contributed by atoms with Gasteiger partial charge in [-0.1, -0.05) is 42.5 Å². The number of carbonyl (C=O) groups excluding carboxylic acids is 1. The van der Waals surface area contributed by atoms with E-state index in [1.807, 2.05) is 47.4 Å². The summed E-state index contributed by atoms with van der Waals surface area (Å²) < 4.78 is 0. The number of amides is 1. The second-order valence-electron chi connectivity index (χ2n) is 6.62. The molecule has 1 aliphatic heterocycles. The minimum absolute atomic E-state index is 0.0534. The summed E-state index contributed by atoms with van der Waals surface area (Å²) in [6.07, 6.45) is 2.18. The summed E-state index contributed by atoms with van der Waals surface area (Å²) in [6.45, 7) is 6.07. The van der Waals surface area contributed by atoms with Crippen molar-refractivity contribution in [1.82, 2.24) is 9.80 Å². The molecule has 25 heavy (non-hydrogen) atoms. The van der Waals surface area contributed by atoms with Gasteiger partial charge in [0.2, 0.25) is 5.91 Å². The topological polar surface area (TPSA) is 26.8 Å². The van der Waals surface area contributed by atoms with E-state index >= 15 is 0 Å². The summed E-state index contributed by atoms with van der Waals surface area (Å²) in [5.41, 5.74) is 4.55. The van der Waals surface area contributed by atoms with Crippen LogP contribution in [0.25, 0.3) is 0 Å². The molecule has 0 fully saturated rings. The molecule has 3 rings (SSSR count). The monoisotopic (exact) mass is 335 g/mol. The third kappa shape index (κ3) is 4.21. The fourth-order valence-electron chi connectivity index (χ4n) is 3.09. The Morgan fingerprint density at radius 3 is 2.44 bits per heavy atom. The molecule has 0 radical (unpaired) electrons. The van der Waals surface area contributed by atoms with E-state index in [0.717, 1.165) is 24.5 Å². The Morgan fingerprint density at radius 1 is 1.08 bits per heavy atom. The predicted octanol–water partition coefficient (Wildman–Crippen LogP) is 3.81. The van der Waals surface area contributed by atoms with Crippen LogP contribution in [0.15, 0.2) is 66.5 Å². The van der Waals surface area contributed by atoms with E-state index in [2.05, 4.69) is 42.1 Å². The van der Waals surface area contributed by atoms with Crippen molar-refractivity contribution < 1.29 is 4.79 Å². The van der Waals surface area contributed by atoms with Gasteiger partial charge in [0.25, 0.3) is 0 Å². The van der Waals surface area contributed by atoms with E-state index in [0.29, 0.717) is 6.54 Å². The van der Waals surface area contributed by atoms with Gasteiger partial charge in [0.1, 0.15) is 0 Å². The average molecular weight is 335 g/mol. The molecule has 0 saturated carbocycles. The van der Waals surface area contributed by atoms with Crippen LogP contribution in [0.3, 0.4) is 0 Å². The highest BCUT2D eigenvalue weighted by molar-refractivity contribution is 5.91. The van der Waals surface area contributed by atoms with Crippen molar-refractivity contribution in [2.45, 2.75) is 26.9 Å². The van der Waals surface area contributed by atoms with Crippen molar-refractivity contribution in [3.8, 4) is 0 Å². The smallest absolute Gasteiger partial charge is 0.224 e. The highest BCUT2D eigenvalue weighted by Gasteiger charge is 2.16. The van der Waals surface area contributed by atoms with Crippen LogP contribution in [-0.4, -0.2) is 29.4 Å². The molecule has 0 aromatic heterocycles. The Balaban J connectivity index is 1.77. The molecular weight excluding hydrogens is 310 g/mol. The first-order chi connectivity index (χ1) is 12.0. The Hall–Kier alpha value is -2.75. The molecule has 4 nitrogen and oxygen atoms in total. The summed E-state index contributed by atoms with van der Waals surface area (Å²) in [5.74, 6) is 0.0534. The number of benzene rings is 2. The highest BCUT2D eigenvalue weighted by Crippen LogP contribution is 2.22. The van der Waals surface area contributed by atoms with Gasteiger partial charge in [-0.05, 0) is 30.2 Å². The molecule has 1 heterocycles. The number of nitrogens with zero attached hydrogens (tertiary/aromatic N) is 3. The maximum atomic E-state index is 12.2. The van der Waals surface area contributed by atoms with E-state index in [-0.39, 0.29) is 5.91 Å². The minimum Gasteiger partial charge on any atom is -0.359 e. The van der Waals surface area contributed by atoms with E-state index in [1.54, 1.807) is 6.92 Å². The van der Waals surface area contributed by atoms with Crippen LogP contribution in [0.2, 0.25) is 0 Å². The molecule has 0 atom stereocenters. The van der Waals surface area contributed by atoms with Crippen LogP contribution in [-0.2, 0) is 17.9 Å². The van der Waals surface area contributed by atoms with Crippen LogP contribution >= 0.6 is 0 Å². The maximum absolute atomic E-state index is 12.2. The van der Waals surface area contributed by atoms with Gasteiger partial charge in [-0.25, -0.2) is 0 Å². The molecular formula is C21H25N3O. The largest absolute Gasteiger partial charge is 0.359 e. The van der Waals surface area contributed by atoms with Crippen molar-refractivity contribution in [3.63, 3.8) is 0 Å². The van der Waals surface area contributed by atoms with Gasteiger partial charge in [0.05, 0.1) is 13.2 Å². The zero-order valence-electron chi connectivity index (χ0n) is 15.1. The molecule has 0 aliphatic carbocycles. The lowest BCUT2D eigenvalue weighted by Gasteiger charge is -2.23. The third-order valence-electron chi connectivity index (χ3n) is 4.54. The lowest BCUT2D eigenvalue weighted by atomic mass is 10.1. The summed E-state index contributed by atoms with van der Waals surface area (Å²) in [7, 11) is 2.10. The second kappa shape index (κ2) is 7.43. The number of anilines is 1. The Kier molecular flexibility index (Phi) is 5.08. The molecule has 0 N–H and O–H groups in total. The third-order valence-corrected chi connectivity index (χ3v) is 4.54. The molecule has 2 aromatic rings. The molecule has 0 bridgehead atoms. The Bertz CT molecular complexity index is 770. The van der Waals surface area contributed by atoms with Crippen LogP contribution in [0.5, 0.6) is 0 Å². The zero-order chi connectivity index (χ0) is 17.8. The van der Waals surface area contributed by atoms with Crippen molar-refractivity contribution in [1.29, 1.82) is 0 Å². The van der Waals surface area contributed by atoms with E-state index < -0.39 is 0 Å². The number of allylic oxidation sites excluding steroid dienone is 1. The van der Waals surface area contributed by atoms with Gasteiger partial charge < -0.3 is 14.7 Å². The van der Waals surface area contributed by atoms with Gasteiger partial charge in [-0.2, -0.15) is 0 Å². The molecule has 130 valence electrons. The Morgan fingerprint density at radius 2 is 1.80 bits per heavy atom. The first-order valence-electron chi connectivity index (χ1n) is 8.57. The van der Waals surface area contributed by atoms with Gasteiger partial charge in [-0.3, -0.25) is 4.79 Å². The summed E-state index contributed by atoms with van der Waals surface area (Å²) in [6, 6.07) is 18.4. The molecule has 0 unspecified atom stereocenters. The van der Waals surface area contributed by atoms with Crippen molar-refractivity contribution in [3.05, 3.63) is 77.6 Å². The summed E-state index contributed by atoms with van der Waals surface area (Å²) in [4.78, 5) is 18.5. The van der Waals surface area contributed by atoms with Gasteiger partial charge >= 0.3 is 0 Å². The lowest BCUT2D eigenvalue weighted by Crippen LogP contribution is -2.28. The molecule has 1 aliphatic rings. The van der Waals surface area contributed by atoms with E-state index in [4.69, 9.17) is 0 Å². The van der Waals surface area contributed by atoms with Crippen LogP contribution in [0, 0.1) is 0 Å². The lowest BCUT2D eigenvalue weighted by molar-refractivity contribution is -0.116. The minimum atomic E-state index is 0.0534. The van der Waals surface area contributed by atoms with Gasteiger partial charge in [-0.15, -0.1) is 0 Å². The zero-order valence-corrected chi connectivity index (χ0v) is 15.1. The molecule has 1 amide bonds. The Labute approximate surface area is 150 Å². The van der Waals surface area contributed by atoms with Crippen molar-refractivity contribution in [2.75, 3.05) is 18.6 Å². The first kappa shape index (κ1) is 17.1. The number of hydrogen-bond donors (Lipinski definition) is 0. The predicted molar refractivity (Wildman–Crippen MR) is 102 cm³/mol. The fraction of sp³-hybridized carbons (Fsp3) is 0.286. The van der Waals surface area contributed by atoms with E-state index in [1.165, 1.54) is 11.3 Å². The summed E-state index contributed by atoms with van der Waals surface area (Å²) in [5, 5.41) is 0. The SMILES string of the molecule is CC(=O)N(Cc1ccccc1)c1cccc(CN2C=C(C)N(C)C2)c1. The fourth-order valence-corrected chi connectivity index (χ4v) is 3.09. The van der Waals surface area contributed by atoms with Crippen molar-refractivity contribution in [2.24, 2.45) is 0 Å². The van der Waals surface area contributed by atoms with Gasteiger partial charge in [0, 0.05) is 38.1 Å². The quantitative estimate of drug-likeness (QED) is 0.831. The number of rotatable bonds is 5. The highest BCUT2D eigenvalue weighted by atomic mass is 16.2. The number of hydrogen-bond acceptors (Lipinski definition) is 3. The summed E-state index contributed by atoms with van der Waals surface area (Å²) >= 11 is 0. The normalized spacial score (nSPS) is 13.8. The molecule has 0 spiro atoms. The van der Waals surface area contributed by atoms with Crippen LogP contribution < -0.4 is 4.90 Å². The molecule has 4 heteroatoms. The second-order valence-corrected chi connectivity index (χ2v) is 6.62. The van der Waals surface area contributed by atoms with Crippen LogP contribution in [0.1, 0.15) is 25.0 Å². The number of carbonyl (C=O) groups is 1. The first-order valence-corrected chi connectivity index (χ1v) is 8.57. The molecule has 0 saturated heterocycles. The standard InChI is InChI=1S/C21H25N3O/c1-17-13-23(16-22(17)3)14-20-10-7-11-21(12-20)24(18(2)25)15-19-8-5-4-6-9-19/h4-13H,14-16H2,1-3H3. The van der Waals surface area contributed by atoms with Gasteiger partial charge in [0.15, 0.2) is 0 Å².